The monoisotopic (exact) mass is 279 g/mol. The van der Waals surface area contributed by atoms with E-state index >= 15 is 0 Å². The summed E-state index contributed by atoms with van der Waals surface area (Å²) in [6, 6.07) is 19.9. The second kappa shape index (κ2) is 6.91. The zero-order valence-corrected chi connectivity index (χ0v) is 12.7. The van der Waals surface area contributed by atoms with Crippen molar-refractivity contribution >= 4 is 0 Å². The third-order valence-corrected chi connectivity index (χ3v) is 4.84. The van der Waals surface area contributed by atoms with Crippen molar-refractivity contribution in [2.45, 2.75) is 44.6 Å². The van der Waals surface area contributed by atoms with Gasteiger partial charge in [-0.15, -0.1) is 0 Å². The van der Waals surface area contributed by atoms with Gasteiger partial charge in [-0.05, 0) is 61.1 Å². The molecule has 2 unspecified atom stereocenters. The van der Waals surface area contributed by atoms with E-state index in [1.54, 1.807) is 0 Å². The van der Waals surface area contributed by atoms with Crippen LogP contribution in [0.15, 0.2) is 54.6 Å². The summed E-state index contributed by atoms with van der Waals surface area (Å²) in [6.45, 7) is 0. The van der Waals surface area contributed by atoms with Gasteiger partial charge in [-0.3, -0.25) is 0 Å². The first kappa shape index (κ1) is 14.3. The van der Waals surface area contributed by atoms with E-state index in [1.807, 2.05) is 0 Å². The number of fused-ring (bicyclic) bond motifs is 1. The quantitative estimate of drug-likeness (QED) is 0.874. The van der Waals surface area contributed by atoms with Crippen molar-refractivity contribution in [3.8, 4) is 0 Å². The van der Waals surface area contributed by atoms with Gasteiger partial charge in [0.2, 0.25) is 0 Å². The molecule has 0 spiro atoms. The molecule has 21 heavy (non-hydrogen) atoms. The first-order chi connectivity index (χ1) is 10.3. The molecular formula is C20H25N. The highest BCUT2D eigenvalue weighted by atomic mass is 14.6. The Morgan fingerprint density at radius 1 is 0.952 bits per heavy atom. The molecule has 2 aromatic rings. The first-order valence-electron chi connectivity index (χ1n) is 8.19. The Hall–Kier alpha value is -1.60. The lowest BCUT2D eigenvalue weighted by molar-refractivity contribution is 0.353. The van der Waals surface area contributed by atoms with E-state index in [2.05, 4.69) is 54.6 Å². The maximum absolute atomic E-state index is 6.47. The average molecular weight is 279 g/mol. The van der Waals surface area contributed by atoms with Gasteiger partial charge < -0.3 is 5.73 Å². The summed E-state index contributed by atoms with van der Waals surface area (Å²) in [7, 11) is 0. The Balaban J connectivity index is 1.49. The van der Waals surface area contributed by atoms with Gasteiger partial charge >= 0.3 is 0 Å². The van der Waals surface area contributed by atoms with Crippen molar-refractivity contribution in [3.05, 3.63) is 71.3 Å². The molecule has 0 radical (unpaired) electrons. The van der Waals surface area contributed by atoms with Gasteiger partial charge in [0.05, 0.1) is 0 Å². The van der Waals surface area contributed by atoms with Crippen molar-refractivity contribution in [3.63, 3.8) is 0 Å². The zero-order valence-electron chi connectivity index (χ0n) is 12.7. The fraction of sp³-hybridized carbons (Fsp3) is 0.400. The molecule has 1 nitrogen and oxygen atoms in total. The molecule has 0 aromatic heterocycles. The Morgan fingerprint density at radius 3 is 2.48 bits per heavy atom. The lowest BCUT2D eigenvalue weighted by Crippen LogP contribution is -2.34. The number of hydrogen-bond donors (Lipinski definition) is 1. The van der Waals surface area contributed by atoms with Crippen LogP contribution in [0.5, 0.6) is 0 Å². The van der Waals surface area contributed by atoms with Gasteiger partial charge in [0.1, 0.15) is 0 Å². The first-order valence-corrected chi connectivity index (χ1v) is 8.19. The summed E-state index contributed by atoms with van der Waals surface area (Å²) in [6.07, 6.45) is 7.11. The van der Waals surface area contributed by atoms with E-state index in [0.29, 0.717) is 12.0 Å². The molecular weight excluding hydrogens is 254 g/mol. The van der Waals surface area contributed by atoms with Crippen LogP contribution >= 0.6 is 0 Å². The molecule has 2 atom stereocenters. The Morgan fingerprint density at radius 2 is 1.67 bits per heavy atom. The zero-order chi connectivity index (χ0) is 14.5. The molecule has 0 aliphatic heterocycles. The Kier molecular flexibility index (Phi) is 4.72. The molecule has 0 saturated heterocycles. The highest BCUT2D eigenvalue weighted by molar-refractivity contribution is 5.30. The van der Waals surface area contributed by atoms with Crippen molar-refractivity contribution in [2.24, 2.45) is 11.7 Å². The number of hydrogen-bond acceptors (Lipinski definition) is 1. The van der Waals surface area contributed by atoms with Crippen molar-refractivity contribution < 1.29 is 0 Å². The van der Waals surface area contributed by atoms with Crippen LogP contribution in [0.2, 0.25) is 0 Å². The van der Waals surface area contributed by atoms with E-state index in [0.717, 1.165) is 12.8 Å². The highest BCUT2D eigenvalue weighted by Gasteiger charge is 2.23. The number of nitrogens with two attached hydrogens (primary N) is 1. The predicted octanol–water partition coefficient (Wildman–Crippen LogP) is 4.14. The summed E-state index contributed by atoms with van der Waals surface area (Å²) in [5.41, 5.74) is 11.0. The molecule has 110 valence electrons. The summed E-state index contributed by atoms with van der Waals surface area (Å²) in [5.74, 6) is 0.663. The lowest BCUT2D eigenvalue weighted by atomic mass is 9.79. The highest BCUT2D eigenvalue weighted by Crippen LogP contribution is 2.28. The van der Waals surface area contributed by atoms with Crippen molar-refractivity contribution in [2.75, 3.05) is 0 Å². The van der Waals surface area contributed by atoms with Crippen LogP contribution < -0.4 is 5.73 Å². The van der Waals surface area contributed by atoms with E-state index in [9.17, 15) is 0 Å². The standard InChI is InChI=1S/C20H25N/c21-20(12-6-9-16-7-2-1-3-8-16)19-14-13-17-10-4-5-11-18(17)15-19/h1-5,7-8,10-11,19-20H,6,9,12-15,21H2. The largest absolute Gasteiger partial charge is 0.327 e. The predicted molar refractivity (Wildman–Crippen MR) is 89.3 cm³/mol. The molecule has 0 bridgehead atoms. The van der Waals surface area contributed by atoms with Crippen LogP contribution in [0.1, 0.15) is 36.0 Å². The van der Waals surface area contributed by atoms with E-state index in [4.69, 9.17) is 5.73 Å². The summed E-state index contributed by atoms with van der Waals surface area (Å²) in [4.78, 5) is 0. The molecule has 3 rings (SSSR count). The van der Waals surface area contributed by atoms with Gasteiger partial charge in [-0.1, -0.05) is 54.6 Å². The third kappa shape index (κ3) is 3.74. The van der Waals surface area contributed by atoms with Crippen LogP contribution in [-0.4, -0.2) is 6.04 Å². The maximum Gasteiger partial charge on any atom is 0.00705 e. The number of benzene rings is 2. The lowest BCUT2D eigenvalue weighted by Gasteiger charge is -2.29. The SMILES string of the molecule is NC(CCCc1ccccc1)C1CCc2ccccc2C1. The molecule has 0 heterocycles. The van der Waals surface area contributed by atoms with Gasteiger partial charge in [0, 0.05) is 6.04 Å². The molecule has 2 N–H and O–H groups in total. The summed E-state index contributed by atoms with van der Waals surface area (Å²) in [5, 5.41) is 0. The van der Waals surface area contributed by atoms with Crippen LogP contribution in [0.3, 0.4) is 0 Å². The fourth-order valence-corrected chi connectivity index (χ4v) is 3.51. The van der Waals surface area contributed by atoms with E-state index in [-0.39, 0.29) is 0 Å². The molecule has 1 aliphatic carbocycles. The topological polar surface area (TPSA) is 26.0 Å². The van der Waals surface area contributed by atoms with E-state index in [1.165, 1.54) is 42.4 Å². The van der Waals surface area contributed by atoms with Crippen LogP contribution in [0.4, 0.5) is 0 Å². The van der Waals surface area contributed by atoms with Gasteiger partial charge in [0.15, 0.2) is 0 Å². The fourth-order valence-electron chi connectivity index (χ4n) is 3.51. The molecule has 1 heteroatoms. The minimum Gasteiger partial charge on any atom is -0.327 e. The molecule has 2 aromatic carbocycles. The van der Waals surface area contributed by atoms with Gasteiger partial charge in [-0.2, -0.15) is 0 Å². The smallest absolute Gasteiger partial charge is 0.00705 e. The molecule has 0 fully saturated rings. The molecule has 1 aliphatic rings. The minimum atomic E-state index is 0.349. The second-order valence-electron chi connectivity index (χ2n) is 6.31. The minimum absolute atomic E-state index is 0.349. The Bertz CT molecular complexity index is 561. The van der Waals surface area contributed by atoms with Gasteiger partial charge in [-0.25, -0.2) is 0 Å². The maximum atomic E-state index is 6.47. The van der Waals surface area contributed by atoms with E-state index < -0.39 is 0 Å². The van der Waals surface area contributed by atoms with Crippen LogP contribution in [-0.2, 0) is 19.3 Å². The summed E-state index contributed by atoms with van der Waals surface area (Å²) >= 11 is 0. The molecule has 0 saturated carbocycles. The van der Waals surface area contributed by atoms with Crippen molar-refractivity contribution in [1.82, 2.24) is 0 Å². The number of aryl methyl sites for hydroxylation is 2. The molecule has 0 amide bonds. The average Bonchev–Trinajstić information content (AvgIpc) is 2.55. The summed E-state index contributed by atoms with van der Waals surface area (Å²) < 4.78 is 0. The second-order valence-corrected chi connectivity index (χ2v) is 6.31. The Labute approximate surface area is 128 Å². The third-order valence-electron chi connectivity index (χ3n) is 4.84. The van der Waals surface area contributed by atoms with Crippen LogP contribution in [0, 0.1) is 5.92 Å². The normalized spacial score (nSPS) is 19.0. The van der Waals surface area contributed by atoms with Crippen LogP contribution in [0.25, 0.3) is 0 Å². The number of rotatable bonds is 5. The van der Waals surface area contributed by atoms with Gasteiger partial charge in [0.25, 0.3) is 0 Å². The van der Waals surface area contributed by atoms with Crippen molar-refractivity contribution in [1.29, 1.82) is 0 Å².